The van der Waals surface area contributed by atoms with E-state index in [0.717, 1.165) is 0 Å². The summed E-state index contributed by atoms with van der Waals surface area (Å²) < 4.78 is 0. The summed E-state index contributed by atoms with van der Waals surface area (Å²) in [6.45, 7) is 4.36. The van der Waals surface area contributed by atoms with Crippen LogP contribution in [0.4, 0.5) is 0 Å². The van der Waals surface area contributed by atoms with Crippen LogP contribution in [0.25, 0.3) is 32.7 Å². The average Bonchev–Trinajstić information content (AvgIpc) is 2.55. The molecule has 22 heavy (non-hydrogen) atoms. The van der Waals surface area contributed by atoms with Crippen LogP contribution < -0.4 is 0 Å². The third-order valence-electron chi connectivity index (χ3n) is 4.43. The second-order valence-electron chi connectivity index (χ2n) is 6.01. The van der Waals surface area contributed by atoms with Crippen molar-refractivity contribution in [1.29, 1.82) is 0 Å². The van der Waals surface area contributed by atoms with E-state index in [1.165, 1.54) is 43.8 Å². The predicted molar refractivity (Wildman–Crippen MR) is 96.4 cm³/mol. The zero-order valence-corrected chi connectivity index (χ0v) is 12.9. The molecule has 0 N–H and O–H groups in total. The van der Waals surface area contributed by atoms with Crippen molar-refractivity contribution in [3.05, 3.63) is 83.9 Å². The van der Waals surface area contributed by atoms with Gasteiger partial charge in [-0.25, -0.2) is 0 Å². The van der Waals surface area contributed by atoms with Gasteiger partial charge in [-0.1, -0.05) is 72.3 Å². The van der Waals surface area contributed by atoms with Gasteiger partial charge in [0.25, 0.3) is 0 Å². The first-order chi connectivity index (χ1) is 10.7. The molecule has 4 aromatic rings. The molecule has 0 radical (unpaired) electrons. The van der Waals surface area contributed by atoms with Gasteiger partial charge in [0, 0.05) is 0 Å². The van der Waals surface area contributed by atoms with Gasteiger partial charge in [0.15, 0.2) is 0 Å². The molecule has 0 aromatic heterocycles. The van der Waals surface area contributed by atoms with Gasteiger partial charge in [-0.15, -0.1) is 0 Å². The normalized spacial score (nSPS) is 11.2. The van der Waals surface area contributed by atoms with Crippen molar-refractivity contribution in [2.24, 2.45) is 0 Å². The molecule has 0 saturated heterocycles. The number of fused-ring (bicyclic) bond motifs is 2. The van der Waals surface area contributed by atoms with E-state index < -0.39 is 0 Å². The molecule has 0 fully saturated rings. The second-order valence-corrected chi connectivity index (χ2v) is 6.01. The van der Waals surface area contributed by atoms with Gasteiger partial charge in [-0.2, -0.15) is 0 Å². The highest BCUT2D eigenvalue weighted by Crippen LogP contribution is 2.38. The smallest absolute Gasteiger partial charge is 0.00241 e. The van der Waals surface area contributed by atoms with Gasteiger partial charge in [-0.3, -0.25) is 0 Å². The van der Waals surface area contributed by atoms with E-state index in [1.54, 1.807) is 0 Å². The molecule has 0 nitrogen and oxygen atoms in total. The molecule has 0 saturated carbocycles. The molecular weight excluding hydrogens is 264 g/mol. The van der Waals surface area contributed by atoms with Crippen molar-refractivity contribution in [2.45, 2.75) is 13.8 Å². The number of hydrogen-bond acceptors (Lipinski definition) is 0. The number of rotatable bonds is 1. The Bertz CT molecular complexity index is 939. The van der Waals surface area contributed by atoms with E-state index in [0.29, 0.717) is 0 Å². The number of hydrogen-bond donors (Lipinski definition) is 0. The van der Waals surface area contributed by atoms with Gasteiger partial charge in [0.05, 0.1) is 0 Å². The highest BCUT2D eigenvalue weighted by Gasteiger charge is 2.11. The zero-order valence-electron chi connectivity index (χ0n) is 12.9. The average molecular weight is 282 g/mol. The highest BCUT2D eigenvalue weighted by molar-refractivity contribution is 6.13. The third kappa shape index (κ3) is 2.00. The van der Waals surface area contributed by atoms with Crippen molar-refractivity contribution < 1.29 is 0 Å². The Kier molecular flexibility index (Phi) is 2.97. The summed E-state index contributed by atoms with van der Waals surface area (Å²) in [4.78, 5) is 0. The van der Waals surface area contributed by atoms with Crippen LogP contribution >= 0.6 is 0 Å². The summed E-state index contributed by atoms with van der Waals surface area (Å²) >= 11 is 0. The Labute approximate surface area is 131 Å². The van der Waals surface area contributed by atoms with Gasteiger partial charge in [0.1, 0.15) is 0 Å². The van der Waals surface area contributed by atoms with Crippen molar-refractivity contribution in [3.8, 4) is 11.1 Å². The summed E-state index contributed by atoms with van der Waals surface area (Å²) in [5.41, 5.74) is 5.33. The Balaban J connectivity index is 2.24. The molecule has 0 aliphatic carbocycles. The molecule has 0 heteroatoms. The maximum absolute atomic E-state index is 2.31. The Hall–Kier alpha value is -2.60. The first-order valence-electron chi connectivity index (χ1n) is 7.72. The largest absolute Gasteiger partial charge is 0.0616 e. The highest BCUT2D eigenvalue weighted by atomic mass is 14.1. The van der Waals surface area contributed by atoms with Crippen molar-refractivity contribution >= 4 is 21.5 Å². The van der Waals surface area contributed by atoms with Crippen molar-refractivity contribution in [1.82, 2.24) is 0 Å². The molecule has 0 bridgehead atoms. The third-order valence-corrected chi connectivity index (χ3v) is 4.43. The van der Waals surface area contributed by atoms with Crippen LogP contribution in [0.2, 0.25) is 0 Å². The fraction of sp³-hybridized carbons (Fsp3) is 0.0909. The van der Waals surface area contributed by atoms with Crippen LogP contribution in [-0.4, -0.2) is 0 Å². The zero-order chi connectivity index (χ0) is 15.1. The molecule has 4 rings (SSSR count). The molecule has 0 unspecified atom stereocenters. The maximum atomic E-state index is 2.31. The minimum absolute atomic E-state index is 1.30. The lowest BCUT2D eigenvalue weighted by atomic mass is 9.89. The lowest BCUT2D eigenvalue weighted by Crippen LogP contribution is -1.89. The standard InChI is InChI=1S/C22H18/c1-15-11-12-16(2)21(13-15)22-19-9-5-3-7-17(19)14-18-8-4-6-10-20(18)22/h3-14H,1-2H3. The fourth-order valence-corrected chi connectivity index (χ4v) is 3.31. The molecule has 0 amide bonds. The Morgan fingerprint density at radius 3 is 1.82 bits per heavy atom. The van der Waals surface area contributed by atoms with E-state index >= 15 is 0 Å². The summed E-state index contributed by atoms with van der Waals surface area (Å²) in [5.74, 6) is 0. The quantitative estimate of drug-likeness (QED) is 0.360. The van der Waals surface area contributed by atoms with Crippen LogP contribution in [0.15, 0.2) is 72.8 Å². The Morgan fingerprint density at radius 2 is 1.18 bits per heavy atom. The first-order valence-corrected chi connectivity index (χ1v) is 7.72. The van der Waals surface area contributed by atoms with Crippen LogP contribution in [0.3, 0.4) is 0 Å². The van der Waals surface area contributed by atoms with Crippen molar-refractivity contribution in [2.75, 3.05) is 0 Å². The summed E-state index contributed by atoms with van der Waals surface area (Å²) in [5, 5.41) is 5.26. The van der Waals surface area contributed by atoms with E-state index in [9.17, 15) is 0 Å². The minimum atomic E-state index is 1.30. The Morgan fingerprint density at radius 1 is 0.591 bits per heavy atom. The van der Waals surface area contributed by atoms with Gasteiger partial charge in [-0.05, 0) is 58.1 Å². The minimum Gasteiger partial charge on any atom is -0.0616 e. The number of benzene rings is 4. The molecule has 0 aliphatic heterocycles. The second kappa shape index (κ2) is 4.99. The lowest BCUT2D eigenvalue weighted by molar-refractivity contribution is 1.40. The van der Waals surface area contributed by atoms with Gasteiger partial charge in [0.2, 0.25) is 0 Å². The SMILES string of the molecule is Cc1ccc(C)c(-c2c3ccccc3cc3ccccc23)c1. The first kappa shape index (κ1) is 13.1. The van der Waals surface area contributed by atoms with Crippen LogP contribution in [-0.2, 0) is 0 Å². The van der Waals surface area contributed by atoms with Crippen molar-refractivity contribution in [3.63, 3.8) is 0 Å². The van der Waals surface area contributed by atoms with E-state index in [2.05, 4.69) is 86.6 Å². The summed E-state index contributed by atoms with van der Waals surface area (Å²) in [6, 6.07) is 26.4. The van der Waals surface area contributed by atoms with Gasteiger partial charge >= 0.3 is 0 Å². The van der Waals surface area contributed by atoms with E-state index in [1.807, 2.05) is 0 Å². The van der Waals surface area contributed by atoms with E-state index in [4.69, 9.17) is 0 Å². The molecule has 0 spiro atoms. The lowest BCUT2D eigenvalue weighted by Gasteiger charge is -2.14. The predicted octanol–water partition coefficient (Wildman–Crippen LogP) is 6.28. The molecular formula is C22H18. The summed E-state index contributed by atoms with van der Waals surface area (Å²) in [6.07, 6.45) is 0. The number of aryl methyl sites for hydroxylation is 2. The van der Waals surface area contributed by atoms with E-state index in [-0.39, 0.29) is 0 Å². The fourth-order valence-electron chi connectivity index (χ4n) is 3.31. The molecule has 0 atom stereocenters. The van der Waals surface area contributed by atoms with Gasteiger partial charge < -0.3 is 0 Å². The maximum Gasteiger partial charge on any atom is -0.00241 e. The molecule has 106 valence electrons. The topological polar surface area (TPSA) is 0 Å². The molecule has 0 aliphatic rings. The van der Waals surface area contributed by atoms with Crippen LogP contribution in [0, 0.1) is 13.8 Å². The monoisotopic (exact) mass is 282 g/mol. The molecule has 4 aromatic carbocycles. The van der Waals surface area contributed by atoms with Crippen LogP contribution in [0.5, 0.6) is 0 Å². The summed E-state index contributed by atoms with van der Waals surface area (Å²) in [7, 11) is 0. The van der Waals surface area contributed by atoms with Crippen LogP contribution in [0.1, 0.15) is 11.1 Å². The molecule has 0 heterocycles.